The van der Waals surface area contributed by atoms with E-state index in [1.54, 1.807) is 18.3 Å². The molecule has 0 spiro atoms. The first-order valence-corrected chi connectivity index (χ1v) is 6.61. The van der Waals surface area contributed by atoms with Crippen molar-refractivity contribution in [1.29, 1.82) is 0 Å². The predicted molar refractivity (Wildman–Crippen MR) is 72.2 cm³/mol. The van der Waals surface area contributed by atoms with Crippen LogP contribution in [-0.4, -0.2) is 14.7 Å². The van der Waals surface area contributed by atoms with Crippen LogP contribution in [0.5, 0.6) is 0 Å². The van der Waals surface area contributed by atoms with E-state index in [0.29, 0.717) is 17.8 Å². The number of rotatable bonds is 5. The standard InChI is InChI=1S/C15H19FN2O/c1-3-9-18-10-8-17-14(18)15(19,4-2)12-6-5-7-13(16)11-12/h5-8,10-11,19H,3-4,9H2,1-2H3. The van der Waals surface area contributed by atoms with Gasteiger partial charge in [0.25, 0.3) is 0 Å². The zero-order valence-electron chi connectivity index (χ0n) is 11.3. The van der Waals surface area contributed by atoms with E-state index in [0.717, 1.165) is 13.0 Å². The van der Waals surface area contributed by atoms with Crippen molar-refractivity contribution in [3.63, 3.8) is 0 Å². The van der Waals surface area contributed by atoms with Gasteiger partial charge >= 0.3 is 0 Å². The lowest BCUT2D eigenvalue weighted by molar-refractivity contribution is 0.0626. The fraction of sp³-hybridized carbons (Fsp3) is 0.400. The quantitative estimate of drug-likeness (QED) is 0.899. The van der Waals surface area contributed by atoms with E-state index in [1.165, 1.54) is 12.1 Å². The van der Waals surface area contributed by atoms with E-state index in [9.17, 15) is 9.50 Å². The van der Waals surface area contributed by atoms with Crippen LogP contribution in [0.2, 0.25) is 0 Å². The van der Waals surface area contributed by atoms with Crippen LogP contribution in [0.25, 0.3) is 0 Å². The number of hydrogen-bond acceptors (Lipinski definition) is 2. The van der Waals surface area contributed by atoms with Crippen molar-refractivity contribution in [2.24, 2.45) is 0 Å². The summed E-state index contributed by atoms with van der Waals surface area (Å²) in [6, 6.07) is 6.09. The third-order valence-electron chi connectivity index (χ3n) is 3.36. The second-order valence-corrected chi connectivity index (χ2v) is 4.67. The number of hydrogen-bond donors (Lipinski definition) is 1. The number of halogens is 1. The average Bonchev–Trinajstić information content (AvgIpc) is 2.87. The number of aryl methyl sites for hydroxylation is 1. The Hall–Kier alpha value is -1.68. The number of imidazole rings is 1. The van der Waals surface area contributed by atoms with Gasteiger partial charge in [0, 0.05) is 18.9 Å². The third-order valence-corrected chi connectivity index (χ3v) is 3.36. The van der Waals surface area contributed by atoms with E-state index in [-0.39, 0.29) is 5.82 Å². The zero-order chi connectivity index (χ0) is 13.9. The highest BCUT2D eigenvalue weighted by molar-refractivity contribution is 5.30. The molecule has 19 heavy (non-hydrogen) atoms. The molecule has 2 aromatic rings. The molecular weight excluding hydrogens is 243 g/mol. The van der Waals surface area contributed by atoms with Crippen LogP contribution in [0.3, 0.4) is 0 Å². The molecule has 1 aromatic carbocycles. The highest BCUT2D eigenvalue weighted by Gasteiger charge is 2.34. The molecule has 1 N–H and O–H groups in total. The van der Waals surface area contributed by atoms with Crippen LogP contribution in [0.4, 0.5) is 4.39 Å². The lowest BCUT2D eigenvalue weighted by Gasteiger charge is -2.27. The fourth-order valence-electron chi connectivity index (χ4n) is 2.33. The van der Waals surface area contributed by atoms with E-state index in [2.05, 4.69) is 11.9 Å². The molecule has 0 amide bonds. The fourth-order valence-corrected chi connectivity index (χ4v) is 2.33. The third kappa shape index (κ3) is 2.54. The van der Waals surface area contributed by atoms with Crippen molar-refractivity contribution in [3.05, 3.63) is 53.9 Å². The second kappa shape index (κ2) is 5.53. The largest absolute Gasteiger partial charge is 0.377 e. The number of benzene rings is 1. The zero-order valence-corrected chi connectivity index (χ0v) is 11.3. The van der Waals surface area contributed by atoms with Gasteiger partial charge in [-0.2, -0.15) is 0 Å². The van der Waals surface area contributed by atoms with Crippen molar-refractivity contribution in [1.82, 2.24) is 9.55 Å². The Kier molecular flexibility index (Phi) is 4.00. The first kappa shape index (κ1) is 13.7. The maximum atomic E-state index is 13.4. The van der Waals surface area contributed by atoms with Gasteiger partial charge in [0.05, 0.1) is 0 Å². The van der Waals surface area contributed by atoms with Crippen LogP contribution in [-0.2, 0) is 12.1 Å². The first-order chi connectivity index (χ1) is 9.11. The molecule has 1 atom stereocenters. The smallest absolute Gasteiger partial charge is 0.147 e. The number of aliphatic hydroxyl groups is 1. The minimum Gasteiger partial charge on any atom is -0.377 e. The monoisotopic (exact) mass is 262 g/mol. The van der Waals surface area contributed by atoms with Crippen molar-refractivity contribution >= 4 is 0 Å². The molecule has 0 fully saturated rings. The van der Waals surface area contributed by atoms with Crippen LogP contribution in [0.1, 0.15) is 38.1 Å². The summed E-state index contributed by atoms with van der Waals surface area (Å²) in [5, 5.41) is 10.9. The number of nitrogens with zero attached hydrogens (tertiary/aromatic N) is 2. The minimum atomic E-state index is -1.25. The molecule has 0 aliphatic rings. The van der Waals surface area contributed by atoms with Crippen molar-refractivity contribution in [3.8, 4) is 0 Å². The van der Waals surface area contributed by atoms with Gasteiger partial charge in [-0.3, -0.25) is 0 Å². The molecule has 4 heteroatoms. The van der Waals surface area contributed by atoms with Gasteiger partial charge in [-0.1, -0.05) is 26.0 Å². The van der Waals surface area contributed by atoms with Gasteiger partial charge in [0.1, 0.15) is 17.2 Å². The molecule has 0 aliphatic heterocycles. The summed E-state index contributed by atoms with van der Waals surface area (Å²) in [6.07, 6.45) is 4.91. The molecule has 1 unspecified atom stereocenters. The van der Waals surface area contributed by atoms with E-state index in [1.807, 2.05) is 17.7 Å². The van der Waals surface area contributed by atoms with Crippen LogP contribution >= 0.6 is 0 Å². The Bertz CT molecular complexity index is 553. The van der Waals surface area contributed by atoms with Gasteiger partial charge in [-0.25, -0.2) is 9.37 Å². The van der Waals surface area contributed by atoms with Gasteiger partial charge in [0.2, 0.25) is 0 Å². The lowest BCUT2D eigenvalue weighted by atomic mass is 9.90. The molecule has 0 saturated carbocycles. The SMILES string of the molecule is CCCn1ccnc1C(O)(CC)c1cccc(F)c1. The van der Waals surface area contributed by atoms with Gasteiger partial charge < -0.3 is 9.67 Å². The summed E-state index contributed by atoms with van der Waals surface area (Å²) < 4.78 is 15.3. The van der Waals surface area contributed by atoms with Crippen LogP contribution < -0.4 is 0 Å². The summed E-state index contributed by atoms with van der Waals surface area (Å²) in [4.78, 5) is 4.27. The number of aromatic nitrogens is 2. The Morgan fingerprint density at radius 1 is 1.37 bits per heavy atom. The summed E-state index contributed by atoms with van der Waals surface area (Å²) in [7, 11) is 0. The Morgan fingerprint density at radius 2 is 2.16 bits per heavy atom. The average molecular weight is 262 g/mol. The highest BCUT2D eigenvalue weighted by Crippen LogP contribution is 2.32. The molecular formula is C15H19FN2O. The molecule has 2 rings (SSSR count). The highest BCUT2D eigenvalue weighted by atomic mass is 19.1. The first-order valence-electron chi connectivity index (χ1n) is 6.61. The van der Waals surface area contributed by atoms with Gasteiger partial charge in [-0.15, -0.1) is 0 Å². The van der Waals surface area contributed by atoms with Crippen molar-refractivity contribution < 1.29 is 9.50 Å². The summed E-state index contributed by atoms with van der Waals surface area (Å²) in [6.45, 7) is 4.72. The minimum absolute atomic E-state index is 0.349. The van der Waals surface area contributed by atoms with E-state index in [4.69, 9.17) is 0 Å². The summed E-state index contributed by atoms with van der Waals surface area (Å²) in [5.74, 6) is 0.223. The van der Waals surface area contributed by atoms with Crippen molar-refractivity contribution in [2.75, 3.05) is 0 Å². The predicted octanol–water partition coefficient (Wildman–Crippen LogP) is 3.08. The maximum Gasteiger partial charge on any atom is 0.147 e. The Balaban J connectivity index is 2.50. The molecule has 1 heterocycles. The molecule has 102 valence electrons. The topological polar surface area (TPSA) is 38.0 Å². The maximum absolute atomic E-state index is 13.4. The molecule has 0 bridgehead atoms. The van der Waals surface area contributed by atoms with E-state index >= 15 is 0 Å². The van der Waals surface area contributed by atoms with Gasteiger partial charge in [0.15, 0.2) is 0 Å². The summed E-state index contributed by atoms with van der Waals surface area (Å²) in [5.41, 5.74) is -0.709. The van der Waals surface area contributed by atoms with E-state index < -0.39 is 5.60 Å². The van der Waals surface area contributed by atoms with Crippen LogP contribution in [0.15, 0.2) is 36.7 Å². The molecule has 0 saturated heterocycles. The summed E-state index contributed by atoms with van der Waals surface area (Å²) >= 11 is 0. The van der Waals surface area contributed by atoms with Crippen LogP contribution in [0, 0.1) is 5.82 Å². The Labute approximate surface area is 112 Å². The normalized spacial score (nSPS) is 14.3. The second-order valence-electron chi connectivity index (χ2n) is 4.67. The molecule has 1 aromatic heterocycles. The Morgan fingerprint density at radius 3 is 2.79 bits per heavy atom. The molecule has 3 nitrogen and oxygen atoms in total. The lowest BCUT2D eigenvalue weighted by Crippen LogP contribution is -2.30. The molecule has 0 radical (unpaired) electrons. The van der Waals surface area contributed by atoms with Gasteiger partial charge in [-0.05, 0) is 30.5 Å². The molecule has 0 aliphatic carbocycles. The van der Waals surface area contributed by atoms with Crippen molar-refractivity contribution in [2.45, 2.75) is 38.8 Å².